The monoisotopic (exact) mass is 340 g/mol. The Bertz CT molecular complexity index is 713. The van der Waals surface area contributed by atoms with E-state index in [1.807, 2.05) is 19.1 Å². The molecule has 0 radical (unpaired) electrons. The number of benzene rings is 2. The van der Waals surface area contributed by atoms with Crippen LogP contribution >= 0.6 is 0 Å². The van der Waals surface area contributed by atoms with Crippen LogP contribution in [0.2, 0.25) is 0 Å². The molecule has 2 aromatic rings. The molecule has 0 bridgehead atoms. The molecule has 5 heteroatoms. The third-order valence-electron chi connectivity index (χ3n) is 4.06. The van der Waals surface area contributed by atoms with E-state index < -0.39 is 24.1 Å². The lowest BCUT2D eigenvalue weighted by Crippen LogP contribution is -2.45. The summed E-state index contributed by atoms with van der Waals surface area (Å²) in [5.74, 6) is -0.884. The van der Waals surface area contributed by atoms with E-state index >= 15 is 0 Å². The van der Waals surface area contributed by atoms with Crippen molar-refractivity contribution < 1.29 is 23.8 Å². The van der Waals surface area contributed by atoms with Crippen molar-refractivity contribution in [2.24, 2.45) is 0 Å². The first-order valence-corrected chi connectivity index (χ1v) is 8.27. The van der Waals surface area contributed by atoms with E-state index in [-0.39, 0.29) is 12.7 Å². The zero-order valence-electron chi connectivity index (χ0n) is 14.0. The molecular weight excluding hydrogens is 320 g/mol. The van der Waals surface area contributed by atoms with Gasteiger partial charge in [0.1, 0.15) is 6.10 Å². The van der Waals surface area contributed by atoms with Crippen molar-refractivity contribution in [3.63, 3.8) is 0 Å². The van der Waals surface area contributed by atoms with E-state index in [1.54, 1.807) is 48.5 Å². The summed E-state index contributed by atoms with van der Waals surface area (Å²) in [5, 5.41) is 0. The van der Waals surface area contributed by atoms with Gasteiger partial charge in [-0.2, -0.15) is 0 Å². The molecule has 1 fully saturated rings. The molecule has 0 unspecified atom stereocenters. The van der Waals surface area contributed by atoms with Gasteiger partial charge in [0.2, 0.25) is 0 Å². The minimum absolute atomic E-state index is 0.0692. The molecule has 0 spiro atoms. The lowest BCUT2D eigenvalue weighted by molar-refractivity contribution is -0.124. The first-order valence-electron chi connectivity index (χ1n) is 8.27. The SMILES string of the molecule is C[C@@H]1C[C@H](OC(=O)c2ccccc2)[C@@H](OC(=O)c2ccccc2)CO1. The fraction of sp³-hybridized carbons (Fsp3) is 0.300. The summed E-state index contributed by atoms with van der Waals surface area (Å²) in [6, 6.07) is 17.5. The molecule has 0 saturated carbocycles. The Morgan fingerprint density at radius 1 is 0.840 bits per heavy atom. The molecule has 1 saturated heterocycles. The van der Waals surface area contributed by atoms with Gasteiger partial charge in [-0.15, -0.1) is 0 Å². The Morgan fingerprint density at radius 2 is 1.32 bits per heavy atom. The topological polar surface area (TPSA) is 61.8 Å². The van der Waals surface area contributed by atoms with E-state index in [0.717, 1.165) is 0 Å². The standard InChI is InChI=1S/C20H20O5/c1-14-12-17(24-19(21)15-8-4-2-5-9-15)18(13-23-14)25-20(22)16-10-6-3-7-11-16/h2-11,14,17-18H,12-13H2,1H3/t14-,17+,18+/m1/s1. The smallest absolute Gasteiger partial charge is 0.338 e. The molecule has 1 heterocycles. The maximum Gasteiger partial charge on any atom is 0.338 e. The van der Waals surface area contributed by atoms with Crippen LogP contribution in [0.3, 0.4) is 0 Å². The van der Waals surface area contributed by atoms with Gasteiger partial charge in [-0.1, -0.05) is 36.4 Å². The zero-order chi connectivity index (χ0) is 17.6. The maximum absolute atomic E-state index is 12.3. The van der Waals surface area contributed by atoms with Crippen LogP contribution in [0.4, 0.5) is 0 Å². The molecule has 1 aliphatic heterocycles. The van der Waals surface area contributed by atoms with Gasteiger partial charge in [0.15, 0.2) is 6.10 Å². The van der Waals surface area contributed by atoms with Gasteiger partial charge in [0, 0.05) is 6.42 Å². The Kier molecular flexibility index (Phi) is 5.46. The lowest BCUT2D eigenvalue weighted by Gasteiger charge is -2.33. The van der Waals surface area contributed by atoms with Crippen molar-refractivity contribution in [3.8, 4) is 0 Å². The Hall–Kier alpha value is -2.66. The fourth-order valence-electron chi connectivity index (χ4n) is 2.71. The Balaban J connectivity index is 1.68. The second-order valence-corrected chi connectivity index (χ2v) is 6.00. The molecule has 3 rings (SSSR count). The predicted molar refractivity (Wildman–Crippen MR) is 91.3 cm³/mol. The highest BCUT2D eigenvalue weighted by molar-refractivity contribution is 5.90. The Morgan fingerprint density at radius 3 is 1.84 bits per heavy atom. The summed E-state index contributed by atoms with van der Waals surface area (Å²) < 4.78 is 16.7. The minimum Gasteiger partial charge on any atom is -0.455 e. The molecule has 130 valence electrons. The van der Waals surface area contributed by atoms with E-state index in [9.17, 15) is 9.59 Å². The second kappa shape index (κ2) is 7.94. The van der Waals surface area contributed by atoms with Crippen LogP contribution in [0, 0.1) is 0 Å². The van der Waals surface area contributed by atoms with Crippen molar-refractivity contribution in [2.45, 2.75) is 31.7 Å². The summed E-state index contributed by atoms with van der Waals surface area (Å²) in [6.45, 7) is 2.10. The molecule has 0 N–H and O–H groups in total. The highest BCUT2D eigenvalue weighted by Crippen LogP contribution is 2.22. The van der Waals surface area contributed by atoms with Crippen molar-refractivity contribution in [1.29, 1.82) is 0 Å². The summed E-state index contributed by atoms with van der Waals surface area (Å²) >= 11 is 0. The molecule has 25 heavy (non-hydrogen) atoms. The normalized spacial score (nSPS) is 22.8. The van der Waals surface area contributed by atoms with E-state index in [2.05, 4.69) is 0 Å². The van der Waals surface area contributed by atoms with Gasteiger partial charge in [0.05, 0.1) is 23.8 Å². The molecular formula is C20H20O5. The molecule has 3 atom stereocenters. The third kappa shape index (κ3) is 4.45. The summed E-state index contributed by atoms with van der Waals surface area (Å²) in [4.78, 5) is 24.6. The van der Waals surface area contributed by atoms with Gasteiger partial charge in [-0.05, 0) is 31.2 Å². The van der Waals surface area contributed by atoms with Crippen LogP contribution in [-0.4, -0.2) is 36.9 Å². The number of ether oxygens (including phenoxy) is 3. The molecule has 0 amide bonds. The lowest BCUT2D eigenvalue weighted by atomic mass is 10.0. The Labute approximate surface area is 146 Å². The number of hydrogen-bond acceptors (Lipinski definition) is 5. The predicted octanol–water partition coefficient (Wildman–Crippen LogP) is 3.25. The van der Waals surface area contributed by atoms with Crippen LogP contribution in [0.15, 0.2) is 60.7 Å². The van der Waals surface area contributed by atoms with Crippen LogP contribution in [0.5, 0.6) is 0 Å². The molecule has 0 aromatic heterocycles. The van der Waals surface area contributed by atoms with Gasteiger partial charge < -0.3 is 14.2 Å². The van der Waals surface area contributed by atoms with E-state index in [1.165, 1.54) is 0 Å². The van der Waals surface area contributed by atoms with Gasteiger partial charge in [-0.3, -0.25) is 0 Å². The fourth-order valence-corrected chi connectivity index (χ4v) is 2.71. The van der Waals surface area contributed by atoms with Crippen molar-refractivity contribution in [1.82, 2.24) is 0 Å². The van der Waals surface area contributed by atoms with Gasteiger partial charge in [0.25, 0.3) is 0 Å². The van der Waals surface area contributed by atoms with Gasteiger partial charge in [-0.25, -0.2) is 9.59 Å². The van der Waals surface area contributed by atoms with E-state index in [0.29, 0.717) is 17.5 Å². The average Bonchev–Trinajstić information content (AvgIpc) is 2.65. The van der Waals surface area contributed by atoms with E-state index in [4.69, 9.17) is 14.2 Å². The van der Waals surface area contributed by atoms with Crippen LogP contribution in [0.25, 0.3) is 0 Å². The number of esters is 2. The molecule has 2 aromatic carbocycles. The highest BCUT2D eigenvalue weighted by Gasteiger charge is 2.35. The summed E-state index contributed by atoms with van der Waals surface area (Å²) in [7, 11) is 0. The van der Waals surface area contributed by atoms with Crippen LogP contribution in [-0.2, 0) is 14.2 Å². The number of rotatable bonds is 4. The van der Waals surface area contributed by atoms with Crippen molar-refractivity contribution >= 4 is 11.9 Å². The average molecular weight is 340 g/mol. The first-order chi connectivity index (χ1) is 12.1. The van der Waals surface area contributed by atoms with Crippen molar-refractivity contribution in [2.75, 3.05) is 6.61 Å². The second-order valence-electron chi connectivity index (χ2n) is 6.00. The quantitative estimate of drug-likeness (QED) is 0.800. The molecule has 5 nitrogen and oxygen atoms in total. The third-order valence-corrected chi connectivity index (χ3v) is 4.06. The van der Waals surface area contributed by atoms with Crippen molar-refractivity contribution in [3.05, 3.63) is 71.8 Å². The molecule has 1 aliphatic rings. The maximum atomic E-state index is 12.3. The first kappa shape index (κ1) is 17.2. The summed E-state index contributed by atoms with van der Waals surface area (Å²) in [6.07, 6.45) is -0.758. The number of carbonyl (C=O) groups is 2. The zero-order valence-corrected chi connectivity index (χ0v) is 14.0. The number of carbonyl (C=O) groups excluding carboxylic acids is 2. The summed E-state index contributed by atoms with van der Waals surface area (Å²) in [5.41, 5.74) is 0.920. The van der Waals surface area contributed by atoms with Crippen LogP contribution < -0.4 is 0 Å². The largest absolute Gasteiger partial charge is 0.455 e. The van der Waals surface area contributed by atoms with Gasteiger partial charge >= 0.3 is 11.9 Å². The van der Waals surface area contributed by atoms with Crippen LogP contribution in [0.1, 0.15) is 34.1 Å². The minimum atomic E-state index is -0.628. The number of hydrogen-bond donors (Lipinski definition) is 0. The highest BCUT2D eigenvalue weighted by atomic mass is 16.6. The molecule has 0 aliphatic carbocycles.